The Morgan fingerprint density at radius 1 is 0.538 bits per heavy atom. The molecule has 8 aromatic heterocycles. The highest BCUT2D eigenvalue weighted by Gasteiger charge is 2.28. The fraction of sp³-hybridized carbons (Fsp3) is 0.375. The number of pyridine rings is 2. The maximum absolute atomic E-state index is 4.76. The average molecular weight is 875 g/mol. The third-order valence-corrected chi connectivity index (χ3v) is 13.6. The third kappa shape index (κ3) is 8.49. The van der Waals surface area contributed by atoms with Gasteiger partial charge in [0.25, 0.3) is 0 Å². The van der Waals surface area contributed by atoms with Crippen molar-refractivity contribution >= 4 is 45.1 Å². The number of rotatable bonds is 8. The lowest BCUT2D eigenvalue weighted by atomic mass is 9.92. The maximum Gasteiger partial charge on any atom is 0.201 e. The first-order chi connectivity index (χ1) is 31.5. The Balaban J connectivity index is 0.000000151. The van der Waals surface area contributed by atoms with E-state index in [1.807, 2.05) is 24.5 Å². The summed E-state index contributed by atoms with van der Waals surface area (Å²) in [6.07, 6.45) is 26.1. The maximum atomic E-state index is 4.76. The average Bonchev–Trinajstić information content (AvgIpc) is 4.19. The Kier molecular flexibility index (Phi) is 11.9. The van der Waals surface area contributed by atoms with E-state index in [1.165, 1.54) is 33.7 Å². The first-order valence-electron chi connectivity index (χ1n) is 22.8. The minimum atomic E-state index is 0. The van der Waals surface area contributed by atoms with Crippen LogP contribution >= 0.6 is 0 Å². The molecule has 4 aliphatic rings. The minimum absolute atomic E-state index is 0. The fourth-order valence-electron chi connectivity index (χ4n) is 10.2. The van der Waals surface area contributed by atoms with Crippen LogP contribution in [0.15, 0.2) is 97.4 Å². The fourth-order valence-corrected chi connectivity index (χ4v) is 10.2. The molecule has 6 N–H and O–H groups in total. The molecule has 0 bridgehead atoms. The Labute approximate surface area is 377 Å². The molecule has 0 aliphatic carbocycles. The van der Waals surface area contributed by atoms with Crippen LogP contribution in [-0.4, -0.2) is 126 Å². The largest absolute Gasteiger partial charge is 0.412 e. The van der Waals surface area contributed by atoms with E-state index in [9.17, 15) is 0 Å². The summed E-state index contributed by atoms with van der Waals surface area (Å²) < 4.78 is 9.19. The number of piperidine rings is 2. The predicted octanol–water partition coefficient (Wildman–Crippen LogP) is 5.29. The van der Waals surface area contributed by atoms with Crippen molar-refractivity contribution in [3.8, 4) is 0 Å². The molecule has 17 nitrogen and oxygen atoms in total. The van der Waals surface area contributed by atoms with Gasteiger partial charge in [-0.05, 0) is 49.9 Å². The van der Waals surface area contributed by atoms with Crippen LogP contribution in [0, 0.1) is 0 Å². The number of aryl methyl sites for hydroxylation is 4. The first kappa shape index (κ1) is 42.1. The van der Waals surface area contributed by atoms with E-state index in [2.05, 4.69) is 120 Å². The Bertz CT molecular complexity index is 2700. The second-order valence-corrected chi connectivity index (χ2v) is 17.4. The van der Waals surface area contributed by atoms with E-state index in [-0.39, 0.29) is 5.48 Å². The molecule has 0 unspecified atom stereocenters. The second-order valence-electron chi connectivity index (χ2n) is 17.4. The van der Waals surface area contributed by atoms with Crippen LogP contribution in [0.2, 0.25) is 0 Å². The summed E-state index contributed by atoms with van der Waals surface area (Å²) in [6.45, 7) is 10.0. The molecule has 12 heterocycles. The lowest BCUT2D eigenvalue weighted by Crippen LogP contribution is -2.35. The molecule has 2 saturated heterocycles. The number of aromatic nitrogens is 12. The number of nitrogens with one attached hydrogen (secondary N) is 4. The van der Waals surface area contributed by atoms with Crippen molar-refractivity contribution in [1.82, 2.24) is 67.9 Å². The van der Waals surface area contributed by atoms with E-state index in [1.54, 1.807) is 35.9 Å². The second kappa shape index (κ2) is 18.3. The molecular weight excluding hydrogens is 817 g/mol. The lowest BCUT2D eigenvalue weighted by Gasteiger charge is -2.29. The van der Waals surface area contributed by atoms with Crippen LogP contribution in [0.25, 0.3) is 33.2 Å². The number of H-pyrrole nitrogens is 2. The van der Waals surface area contributed by atoms with Crippen LogP contribution in [0.1, 0.15) is 59.8 Å². The molecule has 0 radical (unpaired) electrons. The SMILES string of the molecule is Cn1ccc2c1CCn1ccnc1C2=C1CCN(CCNc2nc3cnccc3[nH]2)CC1.Cn1ccc2c1CCn1ccnc1C2=C1CCN(CCNc2nc3cnccc3[nH]2)CC1.O. The van der Waals surface area contributed by atoms with Gasteiger partial charge in [-0.2, -0.15) is 0 Å². The Hall–Kier alpha value is -6.82. The zero-order valence-corrected chi connectivity index (χ0v) is 37.3. The van der Waals surface area contributed by atoms with E-state index in [0.717, 1.165) is 150 Å². The van der Waals surface area contributed by atoms with Crippen molar-refractivity contribution in [1.29, 1.82) is 0 Å². The molecule has 2 fully saturated rings. The van der Waals surface area contributed by atoms with E-state index in [0.29, 0.717) is 0 Å². The van der Waals surface area contributed by atoms with E-state index in [4.69, 9.17) is 9.97 Å². The van der Waals surface area contributed by atoms with Crippen LogP contribution in [0.4, 0.5) is 11.9 Å². The number of hydrogen-bond donors (Lipinski definition) is 4. The highest BCUT2D eigenvalue weighted by Crippen LogP contribution is 2.37. The van der Waals surface area contributed by atoms with Crippen LogP contribution in [0.3, 0.4) is 0 Å². The minimum Gasteiger partial charge on any atom is -0.412 e. The Morgan fingerprint density at radius 2 is 0.985 bits per heavy atom. The molecule has 8 aromatic rings. The summed E-state index contributed by atoms with van der Waals surface area (Å²) in [6, 6.07) is 8.45. The van der Waals surface area contributed by atoms with Crippen LogP contribution in [-0.2, 0) is 40.0 Å². The van der Waals surface area contributed by atoms with Gasteiger partial charge in [0.15, 0.2) is 0 Å². The summed E-state index contributed by atoms with van der Waals surface area (Å²) in [5.41, 5.74) is 15.2. The molecule has 336 valence electrons. The monoisotopic (exact) mass is 874 g/mol. The number of fused-ring (bicyclic) bond motifs is 6. The van der Waals surface area contributed by atoms with Gasteiger partial charge < -0.3 is 54.1 Å². The number of likely N-dealkylation sites (tertiary alicyclic amines) is 2. The summed E-state index contributed by atoms with van der Waals surface area (Å²) in [7, 11) is 4.31. The Morgan fingerprint density at radius 3 is 1.42 bits per heavy atom. The molecule has 0 spiro atoms. The quantitative estimate of drug-likeness (QED) is 0.156. The van der Waals surface area contributed by atoms with Crippen LogP contribution < -0.4 is 10.6 Å². The van der Waals surface area contributed by atoms with Gasteiger partial charge in [-0.15, -0.1) is 0 Å². The van der Waals surface area contributed by atoms with Gasteiger partial charge in [-0.1, -0.05) is 11.1 Å². The van der Waals surface area contributed by atoms with Gasteiger partial charge in [0, 0.05) is 176 Å². The molecular formula is C48H58N16O. The van der Waals surface area contributed by atoms with Crippen molar-refractivity contribution in [2.75, 3.05) is 63.0 Å². The molecule has 0 atom stereocenters. The van der Waals surface area contributed by atoms with Gasteiger partial charge >= 0.3 is 0 Å². The number of anilines is 2. The number of imidazole rings is 4. The zero-order valence-electron chi connectivity index (χ0n) is 37.3. The standard InChI is InChI=1S/2C24H28N8.H2O/c2*1-30-10-5-18-21(30)6-13-32-15-9-26-23(32)22(18)17-3-11-31(12-4-17)14-8-27-24-28-19-2-7-25-16-20(19)29-24;/h2*2,5,7,9-10,15-16H,3-4,6,8,11-14H2,1H3,(H2,27,28,29);1H2. The lowest BCUT2D eigenvalue weighted by molar-refractivity contribution is 0.266. The van der Waals surface area contributed by atoms with Gasteiger partial charge in [-0.3, -0.25) is 9.97 Å². The normalized spacial score (nSPS) is 16.5. The van der Waals surface area contributed by atoms with E-state index < -0.39 is 0 Å². The van der Waals surface area contributed by atoms with Crippen molar-refractivity contribution in [3.63, 3.8) is 0 Å². The summed E-state index contributed by atoms with van der Waals surface area (Å²) in [4.78, 5) is 38.6. The van der Waals surface area contributed by atoms with Crippen molar-refractivity contribution in [2.45, 2.75) is 51.6 Å². The highest BCUT2D eigenvalue weighted by atomic mass is 16.0. The summed E-state index contributed by atoms with van der Waals surface area (Å²) in [5, 5.41) is 6.85. The third-order valence-electron chi connectivity index (χ3n) is 13.6. The summed E-state index contributed by atoms with van der Waals surface area (Å²) in [5.74, 6) is 3.91. The van der Waals surface area contributed by atoms with Crippen molar-refractivity contribution < 1.29 is 5.48 Å². The molecule has 17 heteroatoms. The number of nitrogens with zero attached hydrogens (tertiary/aromatic N) is 12. The number of hydrogen-bond acceptors (Lipinski definition) is 10. The zero-order chi connectivity index (χ0) is 43.0. The van der Waals surface area contributed by atoms with Gasteiger partial charge in [-0.25, -0.2) is 19.9 Å². The first-order valence-corrected chi connectivity index (χ1v) is 22.8. The van der Waals surface area contributed by atoms with Crippen LogP contribution in [0.5, 0.6) is 0 Å². The predicted molar refractivity (Wildman–Crippen MR) is 254 cm³/mol. The molecule has 65 heavy (non-hydrogen) atoms. The van der Waals surface area contributed by atoms with Gasteiger partial charge in [0.1, 0.15) is 22.7 Å². The van der Waals surface area contributed by atoms with Crippen molar-refractivity contribution in [3.05, 3.63) is 132 Å². The van der Waals surface area contributed by atoms with Gasteiger partial charge in [0.05, 0.1) is 23.4 Å². The molecule has 4 aliphatic heterocycles. The molecule has 0 aromatic carbocycles. The smallest absolute Gasteiger partial charge is 0.201 e. The topological polar surface area (TPSA) is 191 Å². The van der Waals surface area contributed by atoms with Crippen molar-refractivity contribution in [2.24, 2.45) is 14.1 Å². The number of aromatic amines is 2. The molecule has 0 amide bonds. The molecule has 0 saturated carbocycles. The summed E-state index contributed by atoms with van der Waals surface area (Å²) >= 11 is 0. The highest BCUT2D eigenvalue weighted by molar-refractivity contribution is 5.82. The molecule has 12 rings (SSSR count). The van der Waals surface area contributed by atoms with Gasteiger partial charge in [0.2, 0.25) is 11.9 Å². The van der Waals surface area contributed by atoms with E-state index >= 15 is 0 Å².